The maximum Gasteiger partial charge on any atom is 0.338 e. The molecule has 1 saturated heterocycles. The zero-order chi connectivity index (χ0) is 18.9. The molecule has 7 nitrogen and oxygen atoms in total. The molecule has 136 valence electrons. The Labute approximate surface area is 150 Å². The van der Waals surface area contributed by atoms with Crippen LogP contribution in [0.3, 0.4) is 0 Å². The van der Waals surface area contributed by atoms with Gasteiger partial charge in [0.15, 0.2) is 5.79 Å². The van der Waals surface area contributed by atoms with E-state index in [0.717, 1.165) is 0 Å². The van der Waals surface area contributed by atoms with Gasteiger partial charge < -0.3 is 9.47 Å². The third-order valence-electron chi connectivity index (χ3n) is 4.11. The van der Waals surface area contributed by atoms with E-state index < -0.39 is 35.2 Å². The molecule has 2 atom stereocenters. The summed E-state index contributed by atoms with van der Waals surface area (Å²) in [5, 5.41) is 0. The van der Waals surface area contributed by atoms with E-state index in [1.807, 2.05) is 0 Å². The van der Waals surface area contributed by atoms with Crippen LogP contribution in [0.4, 0.5) is 0 Å². The van der Waals surface area contributed by atoms with Gasteiger partial charge in [0.25, 0.3) is 11.5 Å². The molecule has 1 aliphatic heterocycles. The van der Waals surface area contributed by atoms with Crippen molar-refractivity contribution in [1.82, 2.24) is 9.13 Å². The lowest BCUT2D eigenvalue weighted by atomic mass is 10.2. The van der Waals surface area contributed by atoms with Crippen LogP contribution in [0.2, 0.25) is 0 Å². The minimum atomic E-state index is -0.804. The fourth-order valence-electron chi connectivity index (χ4n) is 2.95. The summed E-state index contributed by atoms with van der Waals surface area (Å²) in [6.07, 6.45) is 2.10. The van der Waals surface area contributed by atoms with Crippen LogP contribution in [0.15, 0.2) is 64.8 Å². The molecule has 2 aromatic rings. The van der Waals surface area contributed by atoms with E-state index in [9.17, 15) is 14.4 Å². The molecule has 1 aromatic carbocycles. The highest BCUT2D eigenvalue weighted by molar-refractivity contribution is 5.95. The molecule has 0 bridgehead atoms. The number of carbonyl (C=O) groups is 1. The highest BCUT2D eigenvalue weighted by Gasteiger charge is 2.40. The van der Waals surface area contributed by atoms with Crippen molar-refractivity contribution >= 4 is 5.91 Å². The monoisotopic (exact) mass is 356 g/mol. The molecule has 1 aliphatic rings. The van der Waals surface area contributed by atoms with Gasteiger partial charge in [0.05, 0.1) is 6.54 Å². The summed E-state index contributed by atoms with van der Waals surface area (Å²) < 4.78 is 13.4. The molecule has 0 radical (unpaired) electrons. The number of hydrogen-bond donors (Lipinski definition) is 0. The van der Waals surface area contributed by atoms with Crippen LogP contribution in [0.1, 0.15) is 24.2 Å². The molecule has 26 heavy (non-hydrogen) atoms. The quantitative estimate of drug-likeness (QED) is 0.774. The van der Waals surface area contributed by atoms with E-state index in [4.69, 9.17) is 9.47 Å². The fourth-order valence-corrected chi connectivity index (χ4v) is 2.95. The van der Waals surface area contributed by atoms with Gasteiger partial charge in [-0.15, -0.1) is 6.58 Å². The summed E-state index contributed by atoms with van der Waals surface area (Å²) in [6, 6.07) is 9.37. The van der Waals surface area contributed by atoms with Crippen molar-refractivity contribution in [2.24, 2.45) is 0 Å². The van der Waals surface area contributed by atoms with Gasteiger partial charge in [-0.05, 0) is 26.0 Å². The third-order valence-corrected chi connectivity index (χ3v) is 4.11. The first-order valence-electron chi connectivity index (χ1n) is 8.23. The van der Waals surface area contributed by atoms with Crippen LogP contribution in [0, 0.1) is 0 Å². The van der Waals surface area contributed by atoms with Gasteiger partial charge >= 0.3 is 5.69 Å². The molecule has 7 heteroatoms. The highest BCUT2D eigenvalue weighted by Crippen LogP contribution is 2.29. The Bertz CT molecular complexity index is 942. The Morgan fingerprint density at radius 1 is 1.19 bits per heavy atom. The van der Waals surface area contributed by atoms with Crippen molar-refractivity contribution < 1.29 is 14.3 Å². The Kier molecular flexibility index (Phi) is 4.76. The van der Waals surface area contributed by atoms with Crippen molar-refractivity contribution in [2.45, 2.75) is 38.4 Å². The lowest BCUT2D eigenvalue weighted by molar-refractivity contribution is -0.144. The summed E-state index contributed by atoms with van der Waals surface area (Å²) in [6.45, 7) is 7.39. The summed E-state index contributed by atoms with van der Waals surface area (Å²) >= 11 is 0. The first-order chi connectivity index (χ1) is 12.3. The number of nitrogens with zero attached hydrogens (tertiary/aromatic N) is 2. The molecular weight excluding hydrogens is 336 g/mol. The van der Waals surface area contributed by atoms with Crippen LogP contribution in [0.25, 0.3) is 0 Å². The summed E-state index contributed by atoms with van der Waals surface area (Å²) in [7, 11) is 0. The SMILES string of the molecule is C=C[C@H]1OC(C)(C)O[C@H]1Cn1ccc(=O)n(C(=O)c2ccccc2)c1=O. The van der Waals surface area contributed by atoms with Crippen LogP contribution in [-0.4, -0.2) is 33.0 Å². The number of hydrogen-bond acceptors (Lipinski definition) is 5. The minimum absolute atomic E-state index is 0.126. The molecule has 0 spiro atoms. The van der Waals surface area contributed by atoms with Gasteiger partial charge in [-0.3, -0.25) is 14.2 Å². The molecule has 0 saturated carbocycles. The van der Waals surface area contributed by atoms with Crippen LogP contribution in [0.5, 0.6) is 0 Å². The first-order valence-corrected chi connectivity index (χ1v) is 8.23. The van der Waals surface area contributed by atoms with Crippen molar-refractivity contribution in [2.75, 3.05) is 0 Å². The highest BCUT2D eigenvalue weighted by atomic mass is 16.7. The molecule has 0 unspecified atom stereocenters. The van der Waals surface area contributed by atoms with Gasteiger partial charge in [0.1, 0.15) is 12.2 Å². The van der Waals surface area contributed by atoms with E-state index in [0.29, 0.717) is 4.57 Å². The number of ether oxygens (including phenoxy) is 2. The fraction of sp³-hybridized carbons (Fsp3) is 0.316. The number of rotatable bonds is 4. The molecule has 2 heterocycles. The van der Waals surface area contributed by atoms with E-state index in [1.54, 1.807) is 50.3 Å². The van der Waals surface area contributed by atoms with Crippen LogP contribution >= 0.6 is 0 Å². The normalized spacial score (nSPS) is 21.5. The maximum absolute atomic E-state index is 12.7. The average molecular weight is 356 g/mol. The molecular formula is C19H20N2O5. The Morgan fingerprint density at radius 2 is 1.88 bits per heavy atom. The standard InChI is InChI=1S/C19H20N2O5/c1-4-14-15(26-19(2,3)25-14)12-20-11-10-16(22)21(18(20)24)17(23)13-8-6-5-7-9-13/h4-11,14-15H,1,12H2,2-3H3/t14-,15+/m1/s1. The van der Waals surface area contributed by atoms with Crippen molar-refractivity contribution in [3.63, 3.8) is 0 Å². The average Bonchev–Trinajstić information content (AvgIpc) is 2.92. The second-order valence-corrected chi connectivity index (χ2v) is 6.47. The van der Waals surface area contributed by atoms with Gasteiger partial charge in [-0.1, -0.05) is 24.3 Å². The topological polar surface area (TPSA) is 79.5 Å². The zero-order valence-electron chi connectivity index (χ0n) is 14.6. The predicted octanol–water partition coefficient (Wildman–Crippen LogP) is 1.40. The van der Waals surface area contributed by atoms with Gasteiger partial charge in [0, 0.05) is 17.8 Å². The maximum atomic E-state index is 12.7. The summed E-state index contributed by atoms with van der Waals surface area (Å²) in [5.74, 6) is -1.47. The third kappa shape index (κ3) is 3.44. The van der Waals surface area contributed by atoms with Gasteiger partial charge in [0.2, 0.25) is 0 Å². The van der Waals surface area contributed by atoms with Crippen LogP contribution < -0.4 is 11.2 Å². The second kappa shape index (κ2) is 6.86. The molecule has 0 amide bonds. The number of carbonyl (C=O) groups excluding carboxylic acids is 1. The van der Waals surface area contributed by atoms with E-state index in [1.165, 1.54) is 16.8 Å². The second-order valence-electron chi connectivity index (χ2n) is 6.47. The molecule has 3 rings (SSSR count). The van der Waals surface area contributed by atoms with E-state index in [2.05, 4.69) is 6.58 Å². The molecule has 0 aliphatic carbocycles. The molecule has 0 N–H and O–H groups in total. The summed E-state index contributed by atoms with van der Waals surface area (Å²) in [4.78, 5) is 37.4. The lowest BCUT2D eigenvalue weighted by Gasteiger charge is -2.17. The number of benzene rings is 1. The van der Waals surface area contributed by atoms with Gasteiger partial charge in [-0.25, -0.2) is 4.79 Å². The number of aromatic nitrogens is 2. The Hall–Kier alpha value is -2.77. The van der Waals surface area contributed by atoms with E-state index >= 15 is 0 Å². The van der Waals surface area contributed by atoms with E-state index in [-0.39, 0.29) is 12.1 Å². The zero-order valence-corrected chi connectivity index (χ0v) is 14.6. The first kappa shape index (κ1) is 18.0. The summed E-state index contributed by atoms with van der Waals surface area (Å²) in [5.41, 5.74) is -1.14. The largest absolute Gasteiger partial charge is 0.342 e. The van der Waals surface area contributed by atoms with Crippen LogP contribution in [-0.2, 0) is 16.0 Å². The van der Waals surface area contributed by atoms with Gasteiger partial charge in [-0.2, -0.15) is 4.57 Å². The lowest BCUT2D eigenvalue weighted by Crippen LogP contribution is -2.45. The molecule has 1 aromatic heterocycles. The predicted molar refractivity (Wildman–Crippen MR) is 95.2 cm³/mol. The Balaban J connectivity index is 1.96. The molecule has 1 fully saturated rings. The van der Waals surface area contributed by atoms with Crippen molar-refractivity contribution in [1.29, 1.82) is 0 Å². The minimum Gasteiger partial charge on any atom is -0.342 e. The van der Waals surface area contributed by atoms with Crippen molar-refractivity contribution in [3.05, 3.63) is 81.7 Å². The smallest absolute Gasteiger partial charge is 0.338 e. The van der Waals surface area contributed by atoms with Crippen molar-refractivity contribution in [3.8, 4) is 0 Å². The Morgan fingerprint density at radius 3 is 2.54 bits per heavy atom.